The molecule has 1 N–H and O–H groups in total. The average Bonchev–Trinajstić information content (AvgIpc) is 2.54. The van der Waals surface area contributed by atoms with Crippen molar-refractivity contribution in [2.75, 3.05) is 17.1 Å². The van der Waals surface area contributed by atoms with Crippen molar-refractivity contribution in [1.29, 1.82) is 0 Å². The zero-order chi connectivity index (χ0) is 18.6. The first kappa shape index (κ1) is 19.3. The van der Waals surface area contributed by atoms with Gasteiger partial charge in [-0.1, -0.05) is 29.8 Å². The van der Waals surface area contributed by atoms with E-state index in [9.17, 15) is 13.2 Å². The van der Waals surface area contributed by atoms with Gasteiger partial charge < -0.3 is 5.32 Å². The van der Waals surface area contributed by atoms with Gasteiger partial charge in [0, 0.05) is 11.6 Å². The van der Waals surface area contributed by atoms with Crippen molar-refractivity contribution < 1.29 is 13.2 Å². The number of amides is 1. The van der Waals surface area contributed by atoms with Crippen LogP contribution in [0.25, 0.3) is 0 Å². The Bertz CT molecular complexity index is 864. The van der Waals surface area contributed by atoms with E-state index >= 15 is 0 Å². The minimum atomic E-state index is -3.58. The monoisotopic (exact) mass is 380 g/mol. The molecule has 25 heavy (non-hydrogen) atoms. The van der Waals surface area contributed by atoms with Crippen molar-refractivity contribution in [3.63, 3.8) is 0 Å². The summed E-state index contributed by atoms with van der Waals surface area (Å²) in [5, 5.41) is 3.35. The molecule has 5 nitrogen and oxygen atoms in total. The minimum Gasteiger partial charge on any atom is -0.350 e. The number of halogens is 1. The van der Waals surface area contributed by atoms with Crippen molar-refractivity contribution in [1.82, 2.24) is 5.32 Å². The Hall–Kier alpha value is -2.05. The third-order valence-electron chi connectivity index (χ3n) is 3.87. The molecule has 0 radical (unpaired) electrons. The molecule has 0 fully saturated rings. The van der Waals surface area contributed by atoms with Gasteiger partial charge in [0.15, 0.2) is 0 Å². The van der Waals surface area contributed by atoms with E-state index in [-0.39, 0.29) is 12.5 Å². The summed E-state index contributed by atoms with van der Waals surface area (Å²) in [4.78, 5) is 12.2. The highest BCUT2D eigenvalue weighted by Gasteiger charge is 2.21. The second-order valence-electron chi connectivity index (χ2n) is 5.94. The Morgan fingerprint density at radius 3 is 2.28 bits per heavy atom. The van der Waals surface area contributed by atoms with Crippen LogP contribution in [-0.2, 0) is 21.4 Å². The lowest BCUT2D eigenvalue weighted by Gasteiger charge is -2.22. The lowest BCUT2D eigenvalue weighted by molar-refractivity contribution is -0.119. The molecule has 2 rings (SSSR count). The molecule has 0 aliphatic carbocycles. The fourth-order valence-electron chi connectivity index (χ4n) is 2.27. The Balaban J connectivity index is 2.10. The van der Waals surface area contributed by atoms with Gasteiger partial charge in [-0.05, 0) is 54.8 Å². The van der Waals surface area contributed by atoms with Gasteiger partial charge in [-0.25, -0.2) is 8.42 Å². The zero-order valence-electron chi connectivity index (χ0n) is 14.4. The largest absolute Gasteiger partial charge is 0.350 e. The predicted octanol–water partition coefficient (Wildman–Crippen LogP) is 3.04. The van der Waals surface area contributed by atoms with E-state index < -0.39 is 10.0 Å². The molecule has 0 aromatic heterocycles. The zero-order valence-corrected chi connectivity index (χ0v) is 16.0. The first-order chi connectivity index (χ1) is 11.7. The van der Waals surface area contributed by atoms with Crippen LogP contribution in [0, 0.1) is 13.8 Å². The van der Waals surface area contributed by atoms with E-state index in [0.717, 1.165) is 27.3 Å². The molecule has 0 saturated carbocycles. The molecule has 134 valence electrons. The standard InChI is InChI=1S/C18H21ClN2O3S/c1-13-4-9-17(10-14(13)2)21(25(3,23)24)12-18(22)20-11-15-5-7-16(19)8-6-15/h4-10H,11-12H2,1-3H3,(H,20,22). The number of hydrogen-bond donors (Lipinski definition) is 1. The van der Waals surface area contributed by atoms with Crippen molar-refractivity contribution in [2.24, 2.45) is 0 Å². The van der Waals surface area contributed by atoms with Crippen LogP contribution in [0.15, 0.2) is 42.5 Å². The van der Waals surface area contributed by atoms with E-state index in [1.165, 1.54) is 0 Å². The van der Waals surface area contributed by atoms with Gasteiger partial charge in [-0.15, -0.1) is 0 Å². The molecule has 0 saturated heterocycles. The topological polar surface area (TPSA) is 66.5 Å². The Morgan fingerprint density at radius 2 is 1.72 bits per heavy atom. The summed E-state index contributed by atoms with van der Waals surface area (Å²) in [6.45, 7) is 3.89. The number of carbonyl (C=O) groups excluding carboxylic acids is 1. The number of sulfonamides is 1. The molecule has 0 aliphatic heterocycles. The number of hydrogen-bond acceptors (Lipinski definition) is 3. The van der Waals surface area contributed by atoms with E-state index in [0.29, 0.717) is 17.3 Å². The van der Waals surface area contributed by atoms with Gasteiger partial charge in [-0.3, -0.25) is 9.10 Å². The van der Waals surface area contributed by atoms with Gasteiger partial charge in [0.05, 0.1) is 11.9 Å². The van der Waals surface area contributed by atoms with Crippen molar-refractivity contribution in [2.45, 2.75) is 20.4 Å². The molecule has 0 spiro atoms. The lowest BCUT2D eigenvalue weighted by atomic mass is 10.1. The highest BCUT2D eigenvalue weighted by Crippen LogP contribution is 2.21. The van der Waals surface area contributed by atoms with E-state index in [1.54, 1.807) is 36.4 Å². The minimum absolute atomic E-state index is 0.269. The van der Waals surface area contributed by atoms with Crippen LogP contribution in [-0.4, -0.2) is 27.1 Å². The van der Waals surface area contributed by atoms with Crippen LogP contribution in [0.4, 0.5) is 5.69 Å². The fourth-order valence-corrected chi connectivity index (χ4v) is 3.24. The number of rotatable bonds is 6. The van der Waals surface area contributed by atoms with Crippen LogP contribution >= 0.6 is 11.6 Å². The van der Waals surface area contributed by atoms with Crippen LogP contribution in [0.1, 0.15) is 16.7 Å². The summed E-state index contributed by atoms with van der Waals surface area (Å²) < 4.78 is 25.3. The average molecular weight is 381 g/mol. The highest BCUT2D eigenvalue weighted by molar-refractivity contribution is 7.92. The van der Waals surface area contributed by atoms with E-state index in [2.05, 4.69) is 5.32 Å². The smallest absolute Gasteiger partial charge is 0.241 e. The number of carbonyl (C=O) groups is 1. The summed E-state index contributed by atoms with van der Waals surface area (Å²) >= 11 is 5.82. The van der Waals surface area contributed by atoms with Gasteiger partial charge in [0.2, 0.25) is 15.9 Å². The first-order valence-electron chi connectivity index (χ1n) is 7.73. The molecule has 7 heteroatoms. The third-order valence-corrected chi connectivity index (χ3v) is 5.26. The highest BCUT2D eigenvalue weighted by atomic mass is 35.5. The first-order valence-corrected chi connectivity index (χ1v) is 9.95. The SMILES string of the molecule is Cc1ccc(N(CC(=O)NCc2ccc(Cl)cc2)S(C)(=O)=O)cc1C. The van der Waals surface area contributed by atoms with Gasteiger partial charge in [0.1, 0.15) is 6.54 Å². The maximum Gasteiger partial charge on any atom is 0.241 e. The predicted molar refractivity (Wildman–Crippen MR) is 101 cm³/mol. The maximum atomic E-state index is 12.2. The molecule has 0 unspecified atom stereocenters. The van der Waals surface area contributed by atoms with Crippen LogP contribution < -0.4 is 9.62 Å². The van der Waals surface area contributed by atoms with Crippen LogP contribution in [0.5, 0.6) is 0 Å². The summed E-state index contributed by atoms with van der Waals surface area (Å²) in [5.41, 5.74) is 3.39. The number of anilines is 1. The normalized spacial score (nSPS) is 11.2. The van der Waals surface area contributed by atoms with E-state index in [1.807, 2.05) is 19.9 Å². The molecule has 2 aromatic rings. The molecular formula is C18H21ClN2O3S. The van der Waals surface area contributed by atoms with Crippen LogP contribution in [0.2, 0.25) is 5.02 Å². The summed E-state index contributed by atoms with van der Waals surface area (Å²) in [6, 6.07) is 12.4. The van der Waals surface area contributed by atoms with Crippen molar-refractivity contribution in [3.05, 3.63) is 64.2 Å². The van der Waals surface area contributed by atoms with Gasteiger partial charge in [-0.2, -0.15) is 0 Å². The van der Waals surface area contributed by atoms with Gasteiger partial charge in [0.25, 0.3) is 0 Å². The van der Waals surface area contributed by atoms with Crippen molar-refractivity contribution >= 4 is 33.2 Å². The number of nitrogens with one attached hydrogen (secondary N) is 1. The summed E-state index contributed by atoms with van der Waals surface area (Å²) in [6.07, 6.45) is 1.09. The molecule has 0 heterocycles. The summed E-state index contributed by atoms with van der Waals surface area (Å²) in [7, 11) is -3.58. The summed E-state index contributed by atoms with van der Waals surface area (Å²) in [5.74, 6) is -0.376. The Morgan fingerprint density at radius 1 is 1.08 bits per heavy atom. The van der Waals surface area contributed by atoms with Gasteiger partial charge >= 0.3 is 0 Å². The quantitative estimate of drug-likeness (QED) is 0.837. The molecule has 1 amide bonds. The number of benzene rings is 2. The molecular weight excluding hydrogens is 360 g/mol. The third kappa shape index (κ3) is 5.47. The van der Waals surface area contributed by atoms with Crippen molar-refractivity contribution in [3.8, 4) is 0 Å². The fraction of sp³-hybridized carbons (Fsp3) is 0.278. The second-order valence-corrected chi connectivity index (χ2v) is 8.28. The lowest BCUT2D eigenvalue weighted by Crippen LogP contribution is -2.40. The Kier molecular flexibility index (Phi) is 6.08. The molecule has 0 atom stereocenters. The molecule has 0 aliphatic rings. The van der Waals surface area contributed by atoms with E-state index in [4.69, 9.17) is 11.6 Å². The second kappa shape index (κ2) is 7.89. The van der Waals surface area contributed by atoms with Crippen LogP contribution in [0.3, 0.4) is 0 Å². The number of aryl methyl sites for hydroxylation is 2. The molecule has 0 bridgehead atoms. The number of nitrogens with zero attached hydrogens (tertiary/aromatic N) is 1. The maximum absolute atomic E-state index is 12.2. The Labute approximate surface area is 153 Å². The molecule has 2 aromatic carbocycles.